The van der Waals surface area contributed by atoms with E-state index < -0.39 is 0 Å². The van der Waals surface area contributed by atoms with Crippen molar-refractivity contribution in [3.05, 3.63) is 11.1 Å². The first-order valence-electron chi connectivity index (χ1n) is 6.47. The first-order valence-corrected chi connectivity index (χ1v) is 7.35. The van der Waals surface area contributed by atoms with Gasteiger partial charge < -0.3 is 10.1 Å². The number of carbonyl (C=O) groups is 2. The summed E-state index contributed by atoms with van der Waals surface area (Å²) in [6, 6.07) is 0. The molecule has 19 heavy (non-hydrogen) atoms. The number of aromatic nitrogens is 1. The molecule has 1 atom stereocenters. The summed E-state index contributed by atoms with van der Waals surface area (Å²) in [5.74, 6) is -0.355. The molecule has 0 aliphatic heterocycles. The Morgan fingerprint density at radius 2 is 2.21 bits per heavy atom. The lowest BCUT2D eigenvalue weighted by Crippen LogP contribution is -2.20. The second kappa shape index (κ2) is 7.89. The highest BCUT2D eigenvalue weighted by molar-refractivity contribution is 7.13. The van der Waals surface area contributed by atoms with E-state index >= 15 is 0 Å². The van der Waals surface area contributed by atoms with E-state index in [0.717, 1.165) is 12.8 Å². The Morgan fingerprint density at radius 1 is 1.47 bits per heavy atom. The third kappa shape index (κ3) is 5.38. The third-order valence-electron chi connectivity index (χ3n) is 2.58. The van der Waals surface area contributed by atoms with Gasteiger partial charge in [0.15, 0.2) is 5.13 Å². The van der Waals surface area contributed by atoms with E-state index in [1.807, 2.05) is 13.8 Å². The summed E-state index contributed by atoms with van der Waals surface area (Å²) in [7, 11) is 0. The van der Waals surface area contributed by atoms with E-state index in [1.165, 1.54) is 11.3 Å². The van der Waals surface area contributed by atoms with Gasteiger partial charge in [-0.1, -0.05) is 20.3 Å². The van der Waals surface area contributed by atoms with Crippen LogP contribution in [0.15, 0.2) is 5.38 Å². The van der Waals surface area contributed by atoms with Crippen LogP contribution in [0.4, 0.5) is 5.13 Å². The van der Waals surface area contributed by atoms with Crippen LogP contribution in [0.5, 0.6) is 0 Å². The van der Waals surface area contributed by atoms with E-state index in [9.17, 15) is 9.59 Å². The minimum atomic E-state index is -0.301. The van der Waals surface area contributed by atoms with E-state index in [0.29, 0.717) is 17.4 Å². The summed E-state index contributed by atoms with van der Waals surface area (Å²) < 4.78 is 4.84. The molecule has 1 rings (SSSR count). The molecule has 0 unspecified atom stereocenters. The van der Waals surface area contributed by atoms with Gasteiger partial charge in [-0.05, 0) is 13.3 Å². The number of anilines is 1. The van der Waals surface area contributed by atoms with Crippen LogP contribution in [0.25, 0.3) is 0 Å². The standard InChI is InChI=1S/C13H20N2O3S/c1-4-6-9(3)12(17)15-13-14-10(8-19-13)7-11(16)18-5-2/h8-9H,4-7H2,1-3H3,(H,14,15,17)/t9-/m0/s1. The van der Waals surface area contributed by atoms with Crippen molar-refractivity contribution in [3.63, 3.8) is 0 Å². The zero-order valence-electron chi connectivity index (χ0n) is 11.6. The zero-order valence-corrected chi connectivity index (χ0v) is 12.4. The molecule has 0 spiro atoms. The van der Waals surface area contributed by atoms with E-state index in [-0.39, 0.29) is 24.2 Å². The van der Waals surface area contributed by atoms with Crippen molar-refractivity contribution < 1.29 is 14.3 Å². The second-order valence-corrected chi connectivity index (χ2v) is 5.16. The Labute approximate surface area is 117 Å². The second-order valence-electron chi connectivity index (χ2n) is 4.30. The average Bonchev–Trinajstić information content (AvgIpc) is 2.77. The van der Waals surface area contributed by atoms with Gasteiger partial charge in [-0.15, -0.1) is 11.3 Å². The number of carbonyl (C=O) groups excluding carboxylic acids is 2. The Balaban J connectivity index is 2.50. The molecule has 0 aromatic carbocycles. The Bertz CT molecular complexity index is 431. The smallest absolute Gasteiger partial charge is 0.311 e. The lowest BCUT2D eigenvalue weighted by molar-refractivity contribution is -0.142. The van der Waals surface area contributed by atoms with Crippen LogP contribution in [-0.4, -0.2) is 23.5 Å². The average molecular weight is 284 g/mol. The molecule has 1 aromatic heterocycles. The van der Waals surface area contributed by atoms with Gasteiger partial charge in [0.25, 0.3) is 0 Å². The molecule has 5 nitrogen and oxygen atoms in total. The summed E-state index contributed by atoms with van der Waals surface area (Å²) in [6.07, 6.45) is 1.97. The molecule has 0 saturated carbocycles. The highest BCUT2D eigenvalue weighted by Crippen LogP contribution is 2.18. The first kappa shape index (κ1) is 15.6. The van der Waals surface area contributed by atoms with Crippen molar-refractivity contribution in [3.8, 4) is 0 Å². The van der Waals surface area contributed by atoms with Crippen molar-refractivity contribution in [2.45, 2.75) is 40.0 Å². The highest BCUT2D eigenvalue weighted by Gasteiger charge is 2.14. The maximum atomic E-state index is 11.8. The van der Waals surface area contributed by atoms with Gasteiger partial charge >= 0.3 is 5.97 Å². The van der Waals surface area contributed by atoms with E-state index in [4.69, 9.17) is 4.74 Å². The number of rotatable bonds is 7. The number of nitrogens with zero attached hydrogens (tertiary/aromatic N) is 1. The van der Waals surface area contributed by atoms with Gasteiger partial charge in [0.2, 0.25) is 5.91 Å². The predicted molar refractivity (Wildman–Crippen MR) is 75.2 cm³/mol. The van der Waals surface area contributed by atoms with Crippen LogP contribution in [0.1, 0.15) is 39.3 Å². The van der Waals surface area contributed by atoms with Crippen LogP contribution >= 0.6 is 11.3 Å². The van der Waals surface area contributed by atoms with Gasteiger partial charge in [-0.3, -0.25) is 9.59 Å². The third-order valence-corrected chi connectivity index (χ3v) is 3.39. The maximum Gasteiger partial charge on any atom is 0.311 e. The predicted octanol–water partition coefficient (Wildman–Crippen LogP) is 2.62. The topological polar surface area (TPSA) is 68.3 Å². The summed E-state index contributed by atoms with van der Waals surface area (Å²) in [6.45, 7) is 6.07. The molecule has 1 amide bonds. The normalized spacial score (nSPS) is 11.9. The maximum absolute atomic E-state index is 11.8. The Hall–Kier alpha value is -1.43. The largest absolute Gasteiger partial charge is 0.466 e. The number of ether oxygens (including phenoxy) is 1. The van der Waals surface area contributed by atoms with Crippen molar-refractivity contribution in [2.75, 3.05) is 11.9 Å². The summed E-state index contributed by atoms with van der Waals surface area (Å²) >= 11 is 1.32. The molecule has 0 fully saturated rings. The number of nitrogens with one attached hydrogen (secondary N) is 1. The highest BCUT2D eigenvalue weighted by atomic mass is 32.1. The fourth-order valence-electron chi connectivity index (χ4n) is 1.60. The summed E-state index contributed by atoms with van der Waals surface area (Å²) in [5.41, 5.74) is 0.627. The molecule has 0 aliphatic rings. The molecular formula is C13H20N2O3S. The van der Waals surface area contributed by atoms with E-state index in [2.05, 4.69) is 10.3 Å². The van der Waals surface area contributed by atoms with Crippen LogP contribution in [0, 0.1) is 5.92 Å². The molecule has 1 N–H and O–H groups in total. The number of hydrogen-bond acceptors (Lipinski definition) is 5. The molecule has 0 radical (unpaired) electrons. The summed E-state index contributed by atoms with van der Waals surface area (Å²) in [5, 5.41) is 5.06. The number of amides is 1. The first-order chi connectivity index (χ1) is 9.06. The molecule has 1 heterocycles. The fourth-order valence-corrected chi connectivity index (χ4v) is 2.31. The van der Waals surface area contributed by atoms with Gasteiger partial charge in [0.05, 0.1) is 18.7 Å². The summed E-state index contributed by atoms with van der Waals surface area (Å²) in [4.78, 5) is 27.3. The molecule has 1 aromatic rings. The zero-order chi connectivity index (χ0) is 14.3. The van der Waals surface area contributed by atoms with Crippen molar-refractivity contribution >= 4 is 28.3 Å². The van der Waals surface area contributed by atoms with Crippen LogP contribution in [-0.2, 0) is 20.7 Å². The minimum Gasteiger partial charge on any atom is -0.466 e. The van der Waals surface area contributed by atoms with Crippen molar-refractivity contribution in [1.29, 1.82) is 0 Å². The fraction of sp³-hybridized carbons (Fsp3) is 0.615. The van der Waals surface area contributed by atoms with Gasteiger partial charge in [-0.25, -0.2) is 4.98 Å². The van der Waals surface area contributed by atoms with Crippen molar-refractivity contribution in [1.82, 2.24) is 4.98 Å². The molecule has 0 saturated heterocycles. The monoisotopic (exact) mass is 284 g/mol. The van der Waals surface area contributed by atoms with Crippen LogP contribution < -0.4 is 5.32 Å². The molecule has 6 heteroatoms. The van der Waals surface area contributed by atoms with Crippen LogP contribution in [0.2, 0.25) is 0 Å². The van der Waals surface area contributed by atoms with Gasteiger partial charge in [0.1, 0.15) is 0 Å². The van der Waals surface area contributed by atoms with Gasteiger partial charge in [-0.2, -0.15) is 0 Å². The Kier molecular flexibility index (Phi) is 6.49. The minimum absolute atomic E-state index is 0.0255. The number of thiazole rings is 1. The van der Waals surface area contributed by atoms with Crippen molar-refractivity contribution in [2.24, 2.45) is 5.92 Å². The Morgan fingerprint density at radius 3 is 2.84 bits per heavy atom. The van der Waals surface area contributed by atoms with E-state index in [1.54, 1.807) is 12.3 Å². The molecular weight excluding hydrogens is 264 g/mol. The molecule has 0 aliphatic carbocycles. The van der Waals surface area contributed by atoms with Gasteiger partial charge in [0, 0.05) is 11.3 Å². The lowest BCUT2D eigenvalue weighted by Gasteiger charge is -2.08. The quantitative estimate of drug-likeness (QED) is 0.781. The van der Waals surface area contributed by atoms with Crippen LogP contribution in [0.3, 0.4) is 0 Å². The molecule has 106 valence electrons. The SMILES string of the molecule is CCC[C@H](C)C(=O)Nc1nc(CC(=O)OCC)cs1. The number of hydrogen-bond donors (Lipinski definition) is 1. The molecule has 0 bridgehead atoms. The number of esters is 1. The lowest BCUT2D eigenvalue weighted by atomic mass is 10.1.